The maximum absolute atomic E-state index is 11.2. The van der Waals surface area contributed by atoms with Crippen molar-refractivity contribution in [3.8, 4) is 12.3 Å². The van der Waals surface area contributed by atoms with Gasteiger partial charge in [0.2, 0.25) is 0 Å². The first-order valence-corrected chi connectivity index (χ1v) is 5.33. The van der Waals surface area contributed by atoms with Crippen molar-refractivity contribution in [3.63, 3.8) is 0 Å². The van der Waals surface area contributed by atoms with Crippen LogP contribution in [0.4, 0.5) is 4.79 Å². The number of carbonyl (C=O) groups is 1. The van der Waals surface area contributed by atoms with E-state index in [1.807, 2.05) is 20.8 Å². The van der Waals surface area contributed by atoms with Crippen LogP contribution in [0.1, 0.15) is 23.9 Å². The van der Waals surface area contributed by atoms with Crippen molar-refractivity contribution in [2.24, 2.45) is 0 Å². The zero-order chi connectivity index (χ0) is 12.8. The largest absolute Gasteiger partial charge is 0.436 e. The monoisotopic (exact) mass is 236 g/mol. The number of rotatable bonds is 4. The minimum Gasteiger partial charge on any atom is -0.436 e. The molecule has 0 aliphatic heterocycles. The molecule has 1 aromatic rings. The number of nitrogens with one attached hydrogen (secondary N) is 1. The van der Waals surface area contributed by atoms with Gasteiger partial charge in [-0.3, -0.25) is 0 Å². The number of amides is 1. The fourth-order valence-corrected chi connectivity index (χ4v) is 1.50. The van der Waals surface area contributed by atoms with Crippen LogP contribution in [0.15, 0.2) is 4.52 Å². The number of nitrogens with zero attached hydrogens (tertiary/aromatic N) is 1. The molecule has 1 aromatic heterocycles. The van der Waals surface area contributed by atoms with Crippen LogP contribution >= 0.6 is 0 Å². The lowest BCUT2D eigenvalue weighted by Crippen LogP contribution is -2.34. The number of aromatic nitrogens is 1. The van der Waals surface area contributed by atoms with Gasteiger partial charge in [-0.2, -0.15) is 0 Å². The molecule has 1 rings (SSSR count). The molecule has 1 heterocycles. The molecule has 0 aliphatic rings. The van der Waals surface area contributed by atoms with E-state index in [0.717, 1.165) is 17.0 Å². The Morgan fingerprint density at radius 3 is 2.88 bits per heavy atom. The highest BCUT2D eigenvalue weighted by Gasteiger charge is 2.14. The average molecular weight is 236 g/mol. The predicted molar refractivity (Wildman–Crippen MR) is 62.5 cm³/mol. The van der Waals surface area contributed by atoms with Gasteiger partial charge in [0.25, 0.3) is 0 Å². The Bertz CT molecular complexity index is 412. The summed E-state index contributed by atoms with van der Waals surface area (Å²) in [6.45, 7) is 5.57. The van der Waals surface area contributed by atoms with Gasteiger partial charge >= 0.3 is 6.09 Å². The van der Waals surface area contributed by atoms with E-state index < -0.39 is 6.09 Å². The molecular weight excluding hydrogens is 220 g/mol. The van der Waals surface area contributed by atoms with Gasteiger partial charge in [0.05, 0.1) is 5.69 Å². The molecule has 5 nitrogen and oxygen atoms in total. The van der Waals surface area contributed by atoms with Gasteiger partial charge in [-0.25, -0.2) is 4.79 Å². The van der Waals surface area contributed by atoms with E-state index in [0.29, 0.717) is 6.42 Å². The first kappa shape index (κ1) is 13.1. The Morgan fingerprint density at radius 2 is 2.35 bits per heavy atom. The van der Waals surface area contributed by atoms with Crippen molar-refractivity contribution in [3.05, 3.63) is 17.0 Å². The highest BCUT2D eigenvalue weighted by molar-refractivity contribution is 5.67. The fraction of sp³-hybridized carbons (Fsp3) is 0.500. The van der Waals surface area contributed by atoms with E-state index in [9.17, 15) is 4.79 Å². The molecule has 92 valence electrons. The number of alkyl carbamates (subject to hydrolysis) is 1. The minimum absolute atomic E-state index is 0.0239. The lowest BCUT2D eigenvalue weighted by molar-refractivity contribution is 0.156. The smallest absolute Gasteiger partial charge is 0.408 e. The number of aryl methyl sites for hydroxylation is 2. The molecule has 0 aromatic carbocycles. The van der Waals surface area contributed by atoms with Crippen LogP contribution in [-0.2, 0) is 11.2 Å². The lowest BCUT2D eigenvalue weighted by Gasteiger charge is -2.12. The first-order chi connectivity index (χ1) is 8.04. The maximum atomic E-state index is 11.2. The standard InChI is InChI=1S/C12H16N2O3/c1-5-6-16-12(15)13-8(2)7-11-9(3)14-17-10(11)4/h1,8H,6-7H2,2-4H3,(H,13,15)/t8-/m0/s1. The Labute approximate surface area is 101 Å². The summed E-state index contributed by atoms with van der Waals surface area (Å²) in [6.07, 6.45) is 5.11. The molecule has 0 saturated heterocycles. The molecule has 0 saturated carbocycles. The van der Waals surface area contributed by atoms with Crippen LogP contribution in [-0.4, -0.2) is 23.9 Å². The van der Waals surface area contributed by atoms with Gasteiger partial charge in [0, 0.05) is 11.6 Å². The Balaban J connectivity index is 2.48. The van der Waals surface area contributed by atoms with E-state index in [1.165, 1.54) is 0 Å². The van der Waals surface area contributed by atoms with Gasteiger partial charge in [-0.15, -0.1) is 6.42 Å². The van der Waals surface area contributed by atoms with E-state index >= 15 is 0 Å². The summed E-state index contributed by atoms with van der Waals surface area (Å²) in [6, 6.07) is -0.0722. The lowest BCUT2D eigenvalue weighted by atomic mass is 10.1. The highest BCUT2D eigenvalue weighted by atomic mass is 16.5. The van der Waals surface area contributed by atoms with Gasteiger partial charge in [-0.1, -0.05) is 11.1 Å². The van der Waals surface area contributed by atoms with Crippen molar-refractivity contribution < 1.29 is 14.1 Å². The van der Waals surface area contributed by atoms with Crippen molar-refractivity contribution in [2.75, 3.05) is 6.61 Å². The fourth-order valence-electron chi connectivity index (χ4n) is 1.50. The Morgan fingerprint density at radius 1 is 1.65 bits per heavy atom. The van der Waals surface area contributed by atoms with Crippen molar-refractivity contribution in [2.45, 2.75) is 33.2 Å². The van der Waals surface area contributed by atoms with Crippen LogP contribution in [0.3, 0.4) is 0 Å². The molecule has 0 unspecified atom stereocenters. The summed E-state index contributed by atoms with van der Waals surface area (Å²) in [5.74, 6) is 3.00. The zero-order valence-corrected chi connectivity index (χ0v) is 10.2. The normalized spacial score (nSPS) is 11.6. The number of hydrogen-bond donors (Lipinski definition) is 1. The molecule has 0 aliphatic carbocycles. The van der Waals surface area contributed by atoms with Crippen LogP contribution in [0, 0.1) is 26.2 Å². The van der Waals surface area contributed by atoms with E-state index in [-0.39, 0.29) is 12.6 Å². The number of carbonyl (C=O) groups excluding carboxylic acids is 1. The molecule has 17 heavy (non-hydrogen) atoms. The molecular formula is C12H16N2O3. The molecule has 0 fully saturated rings. The molecule has 1 N–H and O–H groups in total. The summed E-state index contributed by atoms with van der Waals surface area (Å²) < 4.78 is 9.76. The quantitative estimate of drug-likeness (QED) is 0.806. The molecule has 5 heteroatoms. The number of terminal acetylenes is 1. The predicted octanol–water partition coefficient (Wildman–Crippen LogP) is 1.58. The number of ether oxygens (including phenoxy) is 1. The van der Waals surface area contributed by atoms with Gasteiger partial charge in [0.15, 0.2) is 6.61 Å². The third-order valence-corrected chi connectivity index (χ3v) is 2.34. The summed E-state index contributed by atoms with van der Waals surface area (Å²) in [5, 5.41) is 6.53. The van der Waals surface area contributed by atoms with Gasteiger partial charge in [0.1, 0.15) is 5.76 Å². The molecule has 0 radical (unpaired) electrons. The Hall–Kier alpha value is -1.96. The summed E-state index contributed by atoms with van der Waals surface area (Å²) >= 11 is 0. The van der Waals surface area contributed by atoms with Crippen LogP contribution in [0.25, 0.3) is 0 Å². The van der Waals surface area contributed by atoms with E-state index in [4.69, 9.17) is 15.7 Å². The second kappa shape index (κ2) is 5.94. The molecule has 0 spiro atoms. The third kappa shape index (κ3) is 3.83. The van der Waals surface area contributed by atoms with Crippen LogP contribution in [0.5, 0.6) is 0 Å². The second-order valence-electron chi connectivity index (χ2n) is 3.83. The SMILES string of the molecule is C#CCOC(=O)N[C@@H](C)Cc1c(C)noc1C. The maximum Gasteiger partial charge on any atom is 0.408 e. The minimum atomic E-state index is -0.512. The Kier molecular flexibility index (Phi) is 4.58. The van der Waals surface area contributed by atoms with Crippen molar-refractivity contribution >= 4 is 6.09 Å². The van der Waals surface area contributed by atoms with E-state index in [2.05, 4.69) is 16.4 Å². The topological polar surface area (TPSA) is 64.4 Å². The summed E-state index contributed by atoms with van der Waals surface area (Å²) in [5.41, 5.74) is 1.85. The van der Waals surface area contributed by atoms with Crippen molar-refractivity contribution in [1.82, 2.24) is 10.5 Å². The van der Waals surface area contributed by atoms with Gasteiger partial charge in [-0.05, 0) is 27.2 Å². The highest BCUT2D eigenvalue weighted by Crippen LogP contribution is 2.14. The summed E-state index contributed by atoms with van der Waals surface area (Å²) in [4.78, 5) is 11.2. The molecule has 0 bridgehead atoms. The average Bonchev–Trinajstić information content (AvgIpc) is 2.58. The van der Waals surface area contributed by atoms with Crippen LogP contribution in [0.2, 0.25) is 0 Å². The van der Waals surface area contributed by atoms with E-state index in [1.54, 1.807) is 0 Å². The number of hydrogen-bond acceptors (Lipinski definition) is 4. The van der Waals surface area contributed by atoms with Crippen LogP contribution < -0.4 is 5.32 Å². The van der Waals surface area contributed by atoms with Crippen molar-refractivity contribution in [1.29, 1.82) is 0 Å². The molecule has 1 atom stereocenters. The molecule has 1 amide bonds. The third-order valence-electron chi connectivity index (χ3n) is 2.34. The zero-order valence-electron chi connectivity index (χ0n) is 10.2. The summed E-state index contributed by atoms with van der Waals surface area (Å²) in [7, 11) is 0. The van der Waals surface area contributed by atoms with Gasteiger partial charge < -0.3 is 14.6 Å². The first-order valence-electron chi connectivity index (χ1n) is 5.33. The second-order valence-corrected chi connectivity index (χ2v) is 3.83.